The summed E-state index contributed by atoms with van der Waals surface area (Å²) in [5.41, 5.74) is 1.52. The lowest BCUT2D eigenvalue weighted by molar-refractivity contribution is -0.129. The molecule has 0 spiro atoms. The molecule has 0 aliphatic carbocycles. The molecule has 0 unspecified atom stereocenters. The van der Waals surface area contributed by atoms with Crippen molar-refractivity contribution in [2.24, 2.45) is 0 Å². The first kappa shape index (κ1) is 20.2. The van der Waals surface area contributed by atoms with Crippen LogP contribution in [0.15, 0.2) is 59.7 Å². The fourth-order valence-corrected chi connectivity index (χ4v) is 3.20. The molecule has 1 saturated heterocycles. The smallest absolute Gasteiger partial charge is 0.256 e. The van der Waals surface area contributed by atoms with E-state index in [1.165, 1.54) is 53.5 Å². The van der Waals surface area contributed by atoms with Crippen LogP contribution < -0.4 is 0 Å². The number of alkyl halides is 2. The molecule has 0 radical (unpaired) electrons. The van der Waals surface area contributed by atoms with E-state index in [4.69, 9.17) is 23.2 Å². The molecule has 2 aromatic rings. The van der Waals surface area contributed by atoms with Crippen LogP contribution in [0.4, 0.5) is 8.78 Å². The quantitative estimate of drug-likeness (QED) is 0.534. The normalized spacial score (nSPS) is 17.6. The minimum atomic E-state index is -1.28. The van der Waals surface area contributed by atoms with Crippen LogP contribution in [0.2, 0.25) is 0 Å². The number of ketones is 1. The molecule has 28 heavy (non-hydrogen) atoms. The van der Waals surface area contributed by atoms with Crippen molar-refractivity contribution >= 4 is 47.0 Å². The summed E-state index contributed by atoms with van der Waals surface area (Å²) in [6.07, 6.45) is 3.03. The van der Waals surface area contributed by atoms with Crippen LogP contribution in [0, 0.1) is 11.6 Å². The number of amides is 1. The Hall–Kier alpha value is -2.50. The third kappa shape index (κ3) is 4.86. The van der Waals surface area contributed by atoms with Crippen molar-refractivity contribution < 1.29 is 18.4 Å². The van der Waals surface area contributed by atoms with Crippen molar-refractivity contribution in [2.75, 3.05) is 13.1 Å². The van der Waals surface area contributed by atoms with Crippen molar-refractivity contribution in [3.05, 3.63) is 82.4 Å². The Morgan fingerprint density at radius 1 is 0.929 bits per heavy atom. The molecule has 144 valence electrons. The monoisotopic (exact) mass is 421 g/mol. The van der Waals surface area contributed by atoms with Gasteiger partial charge in [0, 0.05) is 24.2 Å². The maximum absolute atomic E-state index is 13.5. The van der Waals surface area contributed by atoms with E-state index in [2.05, 4.69) is 0 Å². The van der Waals surface area contributed by atoms with E-state index in [1.807, 2.05) is 0 Å². The Balaban J connectivity index is 2.02. The van der Waals surface area contributed by atoms with Crippen LogP contribution in [0.5, 0.6) is 0 Å². The minimum absolute atomic E-state index is 0.00931. The van der Waals surface area contributed by atoms with Gasteiger partial charge >= 0.3 is 0 Å². The van der Waals surface area contributed by atoms with Gasteiger partial charge in [-0.05, 0) is 47.5 Å². The van der Waals surface area contributed by atoms with Crippen LogP contribution >= 0.6 is 23.2 Å². The summed E-state index contributed by atoms with van der Waals surface area (Å²) in [5, 5.41) is 0. The molecule has 0 N–H and O–H groups in total. The van der Waals surface area contributed by atoms with Crippen LogP contribution in [0.25, 0.3) is 12.2 Å². The average Bonchev–Trinajstić information content (AvgIpc) is 2.64. The molecule has 0 atom stereocenters. The van der Waals surface area contributed by atoms with E-state index < -0.39 is 22.4 Å². The van der Waals surface area contributed by atoms with E-state index in [0.29, 0.717) is 11.1 Å². The molecule has 3 nitrogen and oxygen atoms in total. The van der Waals surface area contributed by atoms with Crippen molar-refractivity contribution in [1.82, 2.24) is 4.90 Å². The van der Waals surface area contributed by atoms with Crippen LogP contribution in [0.3, 0.4) is 0 Å². The number of hydrogen-bond donors (Lipinski definition) is 0. The maximum Gasteiger partial charge on any atom is 0.256 e. The molecule has 0 aromatic heterocycles. The van der Waals surface area contributed by atoms with Crippen LogP contribution in [-0.4, -0.2) is 34.5 Å². The molecule has 7 heteroatoms. The van der Waals surface area contributed by atoms with Gasteiger partial charge in [0.05, 0.1) is 0 Å². The number of halogens is 4. The Morgan fingerprint density at radius 3 is 1.79 bits per heavy atom. The van der Waals surface area contributed by atoms with Crippen LogP contribution in [-0.2, 0) is 9.59 Å². The van der Waals surface area contributed by atoms with Gasteiger partial charge in [-0.2, -0.15) is 0 Å². The molecular formula is C21H15Cl2F2NO2. The summed E-state index contributed by atoms with van der Waals surface area (Å²) in [6, 6.07) is 11.5. The lowest BCUT2D eigenvalue weighted by Gasteiger charge is -2.30. The molecule has 3 rings (SSSR count). The van der Waals surface area contributed by atoms with Gasteiger partial charge in [-0.1, -0.05) is 47.5 Å². The Morgan fingerprint density at radius 2 is 1.39 bits per heavy atom. The fourth-order valence-electron chi connectivity index (χ4n) is 2.93. The second kappa shape index (κ2) is 8.67. The van der Waals surface area contributed by atoms with Gasteiger partial charge < -0.3 is 4.90 Å². The highest BCUT2D eigenvalue weighted by Gasteiger charge is 2.31. The number of piperidine rings is 1. The van der Waals surface area contributed by atoms with Gasteiger partial charge in [0.2, 0.25) is 0 Å². The summed E-state index contributed by atoms with van der Waals surface area (Å²) in [7, 11) is 0. The third-order valence-corrected chi connectivity index (χ3v) is 4.56. The number of rotatable bonds is 3. The molecule has 2 aromatic carbocycles. The summed E-state index contributed by atoms with van der Waals surface area (Å²) in [4.78, 5) is 25.3. The zero-order valence-electron chi connectivity index (χ0n) is 14.5. The van der Waals surface area contributed by atoms with Gasteiger partial charge in [0.15, 0.2) is 10.6 Å². The second-order valence-electron chi connectivity index (χ2n) is 6.27. The van der Waals surface area contributed by atoms with Gasteiger partial charge in [-0.3, -0.25) is 9.59 Å². The second-order valence-corrected chi connectivity index (χ2v) is 7.37. The van der Waals surface area contributed by atoms with Crippen molar-refractivity contribution in [3.63, 3.8) is 0 Å². The fraction of sp³-hybridized carbons (Fsp3) is 0.143. The minimum Gasteiger partial charge on any atom is -0.331 e. The van der Waals surface area contributed by atoms with E-state index in [9.17, 15) is 18.4 Å². The van der Waals surface area contributed by atoms with Crippen molar-refractivity contribution in [2.45, 2.75) is 4.84 Å². The number of carbonyl (C=O) groups excluding carboxylic acids is 2. The predicted molar refractivity (Wildman–Crippen MR) is 106 cm³/mol. The summed E-state index contributed by atoms with van der Waals surface area (Å²) >= 11 is 11.4. The molecule has 0 saturated carbocycles. The van der Waals surface area contributed by atoms with E-state index in [0.717, 1.165) is 0 Å². The molecular weight excluding hydrogens is 407 g/mol. The molecule has 0 bridgehead atoms. The first-order valence-corrected chi connectivity index (χ1v) is 9.24. The zero-order valence-corrected chi connectivity index (χ0v) is 16.1. The Kier molecular flexibility index (Phi) is 6.27. The number of likely N-dealkylation sites (tertiary alicyclic amines) is 1. The third-order valence-electron chi connectivity index (χ3n) is 4.18. The summed E-state index contributed by atoms with van der Waals surface area (Å²) in [5.74, 6) is -1.74. The summed E-state index contributed by atoms with van der Waals surface area (Å²) in [6.45, 7) is -0.0186. The summed E-state index contributed by atoms with van der Waals surface area (Å²) < 4.78 is 26.9. The predicted octanol–water partition coefficient (Wildman–Crippen LogP) is 4.65. The number of hydrogen-bond acceptors (Lipinski definition) is 2. The molecule has 1 aliphatic heterocycles. The first-order chi connectivity index (χ1) is 13.3. The lowest BCUT2D eigenvalue weighted by atomic mass is 9.94. The number of benzene rings is 2. The van der Waals surface area contributed by atoms with Crippen LogP contribution in [0.1, 0.15) is 11.1 Å². The molecule has 1 fully saturated rings. The van der Waals surface area contributed by atoms with Gasteiger partial charge in [-0.25, -0.2) is 8.78 Å². The van der Waals surface area contributed by atoms with E-state index >= 15 is 0 Å². The number of carbonyl (C=O) groups is 2. The first-order valence-electron chi connectivity index (χ1n) is 8.37. The molecule has 1 aliphatic rings. The topological polar surface area (TPSA) is 37.4 Å². The number of nitrogens with zero attached hydrogens (tertiary/aromatic N) is 1. The van der Waals surface area contributed by atoms with E-state index in [-0.39, 0.29) is 30.0 Å². The van der Waals surface area contributed by atoms with E-state index in [1.54, 1.807) is 12.1 Å². The van der Waals surface area contributed by atoms with Crippen molar-refractivity contribution in [1.29, 1.82) is 0 Å². The Labute approximate surface area is 170 Å². The van der Waals surface area contributed by atoms with Gasteiger partial charge in [0.25, 0.3) is 5.91 Å². The SMILES string of the molecule is O=C1/C(=C/c2cccc(F)c2)CN(C(=O)C(Cl)Cl)C/C1=C\c1cccc(F)c1. The van der Waals surface area contributed by atoms with Gasteiger partial charge in [-0.15, -0.1) is 0 Å². The maximum atomic E-state index is 13.5. The van der Waals surface area contributed by atoms with Gasteiger partial charge in [0.1, 0.15) is 11.6 Å². The zero-order chi connectivity index (χ0) is 20.3. The average molecular weight is 422 g/mol. The van der Waals surface area contributed by atoms with Crippen molar-refractivity contribution in [3.8, 4) is 0 Å². The Bertz CT molecular complexity index is 918. The highest BCUT2D eigenvalue weighted by Crippen LogP contribution is 2.24. The largest absolute Gasteiger partial charge is 0.331 e. The molecule has 1 heterocycles. The standard InChI is InChI=1S/C21H15Cl2F2NO2/c22-20(23)21(28)26-11-15(7-13-3-1-5-17(24)9-13)19(27)16(12-26)8-14-4-2-6-18(25)10-14/h1-10,20H,11-12H2/b15-7+,16-8+. The highest BCUT2D eigenvalue weighted by molar-refractivity contribution is 6.53. The number of Topliss-reactive ketones (excluding diaryl/α,β-unsaturated/α-hetero) is 1. The highest BCUT2D eigenvalue weighted by atomic mass is 35.5. The molecule has 1 amide bonds. The lowest BCUT2D eigenvalue weighted by Crippen LogP contribution is -2.43.